The first-order valence-electron chi connectivity index (χ1n) is 9.02. The molecule has 27 heavy (non-hydrogen) atoms. The van der Waals surface area contributed by atoms with E-state index in [-0.39, 0.29) is 6.10 Å². The van der Waals surface area contributed by atoms with Crippen molar-refractivity contribution in [2.24, 2.45) is 0 Å². The zero-order valence-corrected chi connectivity index (χ0v) is 16.4. The van der Waals surface area contributed by atoms with Crippen molar-refractivity contribution in [3.8, 4) is 10.4 Å². The molecule has 4 rings (SSSR count). The number of benzene rings is 1. The Balaban J connectivity index is 1.67. The van der Waals surface area contributed by atoms with Gasteiger partial charge in [0.15, 0.2) is 0 Å². The molecule has 0 radical (unpaired) electrons. The van der Waals surface area contributed by atoms with Crippen LogP contribution >= 0.6 is 22.7 Å². The number of piperidine rings is 1. The molecule has 0 aliphatic carbocycles. The molecule has 3 heterocycles. The van der Waals surface area contributed by atoms with Gasteiger partial charge in [-0.3, -0.25) is 0 Å². The second-order valence-electron chi connectivity index (χ2n) is 6.57. The average Bonchev–Trinajstić information content (AvgIpc) is 3.41. The van der Waals surface area contributed by atoms with Crippen molar-refractivity contribution in [3.05, 3.63) is 69.7 Å². The fourth-order valence-corrected chi connectivity index (χ4v) is 5.24. The molecule has 0 saturated carbocycles. The topological polar surface area (TPSA) is 58.6 Å². The van der Waals surface area contributed by atoms with E-state index in [1.807, 2.05) is 53.9 Å². The molecule has 2 N–H and O–H groups in total. The van der Waals surface area contributed by atoms with E-state index >= 15 is 0 Å². The maximum Gasteiger partial charge on any atom is 0.349 e. The van der Waals surface area contributed by atoms with Crippen LogP contribution in [0.1, 0.15) is 22.6 Å². The van der Waals surface area contributed by atoms with Gasteiger partial charge in [-0.1, -0.05) is 36.4 Å². The van der Waals surface area contributed by atoms with E-state index in [4.69, 9.17) is 4.74 Å². The van der Waals surface area contributed by atoms with Gasteiger partial charge in [-0.05, 0) is 55.1 Å². The van der Waals surface area contributed by atoms with Crippen molar-refractivity contribution in [1.82, 2.24) is 5.32 Å². The third kappa shape index (κ3) is 3.71. The Hall–Kier alpha value is -1.99. The Morgan fingerprint density at radius 1 is 1.04 bits per heavy atom. The zero-order valence-electron chi connectivity index (χ0n) is 14.8. The molecule has 0 amide bonds. The van der Waals surface area contributed by atoms with Gasteiger partial charge in [-0.25, -0.2) is 4.79 Å². The molecule has 1 saturated heterocycles. The number of hydrogen-bond acceptors (Lipinski definition) is 6. The lowest BCUT2D eigenvalue weighted by Crippen LogP contribution is -2.42. The number of ether oxygens (including phenoxy) is 1. The summed E-state index contributed by atoms with van der Waals surface area (Å²) in [6.07, 6.45) is 1.39. The average molecular weight is 400 g/mol. The van der Waals surface area contributed by atoms with Gasteiger partial charge in [-0.2, -0.15) is 0 Å². The highest BCUT2D eigenvalue weighted by Gasteiger charge is 2.45. The molecule has 0 spiro atoms. The van der Waals surface area contributed by atoms with Crippen molar-refractivity contribution in [2.75, 3.05) is 13.1 Å². The Labute approximate surface area is 166 Å². The minimum atomic E-state index is -1.77. The maximum absolute atomic E-state index is 13.1. The maximum atomic E-state index is 13.1. The Bertz CT molecular complexity index is 885. The molecule has 2 aromatic heterocycles. The smallest absolute Gasteiger partial charge is 0.349 e. The van der Waals surface area contributed by atoms with E-state index in [1.165, 1.54) is 22.7 Å². The van der Waals surface area contributed by atoms with Crippen molar-refractivity contribution in [1.29, 1.82) is 0 Å². The zero-order chi connectivity index (χ0) is 18.7. The van der Waals surface area contributed by atoms with E-state index in [9.17, 15) is 9.90 Å². The SMILES string of the molecule is O=C(OC1CCNCC1)[C@](O)(c1cccs1)c1ccc(-c2ccccc2)s1. The van der Waals surface area contributed by atoms with Crippen LogP contribution in [0.2, 0.25) is 0 Å². The van der Waals surface area contributed by atoms with Gasteiger partial charge >= 0.3 is 5.97 Å². The molecule has 1 atom stereocenters. The van der Waals surface area contributed by atoms with Crippen LogP contribution in [0.15, 0.2) is 60.0 Å². The lowest BCUT2D eigenvalue weighted by atomic mass is 9.99. The van der Waals surface area contributed by atoms with Crippen LogP contribution in [0.3, 0.4) is 0 Å². The monoisotopic (exact) mass is 399 g/mol. The van der Waals surface area contributed by atoms with E-state index in [2.05, 4.69) is 5.32 Å². The van der Waals surface area contributed by atoms with Crippen LogP contribution in [-0.4, -0.2) is 30.3 Å². The summed E-state index contributed by atoms with van der Waals surface area (Å²) in [4.78, 5) is 15.3. The number of esters is 1. The summed E-state index contributed by atoms with van der Waals surface area (Å²) in [6.45, 7) is 1.65. The molecule has 3 aromatic rings. The molecule has 140 valence electrons. The molecule has 6 heteroatoms. The molecular formula is C21H21NO3S2. The summed E-state index contributed by atoms with van der Waals surface area (Å²) in [7, 11) is 0. The summed E-state index contributed by atoms with van der Waals surface area (Å²) < 4.78 is 5.73. The Kier molecular flexibility index (Phi) is 5.41. The van der Waals surface area contributed by atoms with Gasteiger partial charge in [0, 0.05) is 4.88 Å². The van der Waals surface area contributed by atoms with Crippen molar-refractivity contribution >= 4 is 28.6 Å². The molecule has 1 aliphatic rings. The van der Waals surface area contributed by atoms with E-state index in [0.29, 0.717) is 9.75 Å². The van der Waals surface area contributed by atoms with Crippen molar-refractivity contribution < 1.29 is 14.6 Å². The first-order chi connectivity index (χ1) is 13.2. The summed E-state index contributed by atoms with van der Waals surface area (Å²) >= 11 is 2.79. The van der Waals surface area contributed by atoms with E-state index in [1.54, 1.807) is 6.07 Å². The molecule has 0 unspecified atom stereocenters. The predicted octanol–water partition coefficient (Wildman–Crippen LogP) is 4.01. The number of nitrogens with one attached hydrogen (secondary N) is 1. The highest BCUT2D eigenvalue weighted by Crippen LogP contribution is 2.41. The summed E-state index contributed by atoms with van der Waals surface area (Å²) in [5, 5.41) is 16.7. The quantitative estimate of drug-likeness (QED) is 0.637. The van der Waals surface area contributed by atoms with Gasteiger partial charge in [0.05, 0.1) is 9.75 Å². The van der Waals surface area contributed by atoms with Gasteiger partial charge in [0.1, 0.15) is 6.10 Å². The fraction of sp³-hybridized carbons (Fsp3) is 0.286. The first-order valence-corrected chi connectivity index (χ1v) is 10.7. The second kappa shape index (κ2) is 7.94. The highest BCUT2D eigenvalue weighted by molar-refractivity contribution is 7.16. The number of rotatable bonds is 5. The Morgan fingerprint density at radius 3 is 2.52 bits per heavy atom. The lowest BCUT2D eigenvalue weighted by Gasteiger charge is -2.29. The number of carbonyl (C=O) groups is 1. The van der Waals surface area contributed by atoms with Gasteiger partial charge in [0.2, 0.25) is 5.60 Å². The third-order valence-electron chi connectivity index (χ3n) is 4.75. The number of hydrogen-bond donors (Lipinski definition) is 2. The van der Waals surface area contributed by atoms with Gasteiger partial charge in [0.25, 0.3) is 0 Å². The van der Waals surface area contributed by atoms with Crippen LogP contribution in [-0.2, 0) is 15.1 Å². The minimum absolute atomic E-state index is 0.154. The molecular weight excluding hydrogens is 378 g/mol. The minimum Gasteiger partial charge on any atom is -0.460 e. The largest absolute Gasteiger partial charge is 0.460 e. The molecule has 1 aromatic carbocycles. The van der Waals surface area contributed by atoms with Crippen LogP contribution in [0, 0.1) is 0 Å². The third-order valence-corrected chi connectivity index (χ3v) is 6.98. The highest BCUT2D eigenvalue weighted by atomic mass is 32.1. The summed E-state index contributed by atoms with van der Waals surface area (Å²) in [5.74, 6) is -0.585. The predicted molar refractivity (Wildman–Crippen MR) is 109 cm³/mol. The van der Waals surface area contributed by atoms with Crippen LogP contribution in [0.5, 0.6) is 0 Å². The number of carbonyl (C=O) groups excluding carboxylic acids is 1. The van der Waals surface area contributed by atoms with Crippen LogP contribution < -0.4 is 5.32 Å². The number of aliphatic hydroxyl groups is 1. The fourth-order valence-electron chi connectivity index (χ4n) is 3.25. The lowest BCUT2D eigenvalue weighted by molar-refractivity contribution is -0.168. The standard InChI is InChI=1S/C21H21NO3S2/c23-20(25-16-10-12-22-13-11-16)21(24,18-7-4-14-26-18)19-9-8-17(27-19)15-5-2-1-3-6-15/h1-9,14,16,22,24H,10-13H2/t21-/m0/s1. The van der Waals surface area contributed by atoms with E-state index < -0.39 is 11.6 Å². The van der Waals surface area contributed by atoms with Gasteiger partial charge in [-0.15, -0.1) is 22.7 Å². The molecule has 4 nitrogen and oxygen atoms in total. The van der Waals surface area contributed by atoms with Crippen molar-refractivity contribution in [3.63, 3.8) is 0 Å². The molecule has 1 aliphatic heterocycles. The second-order valence-corrected chi connectivity index (χ2v) is 8.60. The molecule has 0 bridgehead atoms. The van der Waals surface area contributed by atoms with Crippen LogP contribution in [0.4, 0.5) is 0 Å². The van der Waals surface area contributed by atoms with E-state index in [0.717, 1.165) is 36.4 Å². The molecule has 1 fully saturated rings. The summed E-state index contributed by atoms with van der Waals surface area (Å²) in [5.41, 5.74) is -0.703. The Morgan fingerprint density at radius 2 is 1.81 bits per heavy atom. The summed E-state index contributed by atoms with van der Waals surface area (Å²) in [6, 6.07) is 17.4. The normalized spacial score (nSPS) is 17.4. The number of thiophene rings is 2. The van der Waals surface area contributed by atoms with Crippen molar-refractivity contribution in [2.45, 2.75) is 24.5 Å². The van der Waals surface area contributed by atoms with Crippen LogP contribution in [0.25, 0.3) is 10.4 Å². The van der Waals surface area contributed by atoms with Gasteiger partial charge < -0.3 is 15.2 Å². The first kappa shape index (κ1) is 18.4.